The number of para-hydroxylation sites is 1. The third-order valence-corrected chi connectivity index (χ3v) is 4.88. The number of nitrogens with one attached hydrogen (secondary N) is 1. The van der Waals surface area contributed by atoms with Crippen LogP contribution in [0.15, 0.2) is 63.8 Å². The Kier molecular flexibility index (Phi) is 4.84. The average molecular weight is 379 g/mol. The van der Waals surface area contributed by atoms with E-state index in [4.69, 9.17) is 9.15 Å². The summed E-state index contributed by atoms with van der Waals surface area (Å²) >= 11 is 1.32. The molecule has 0 radical (unpaired) electrons. The number of anilines is 1. The second kappa shape index (κ2) is 7.59. The molecule has 0 saturated carbocycles. The number of fused-ring (bicyclic) bond motifs is 1. The van der Waals surface area contributed by atoms with Crippen LogP contribution in [-0.2, 0) is 6.54 Å². The highest BCUT2D eigenvalue weighted by Gasteiger charge is 2.15. The third kappa shape index (κ3) is 3.68. The largest absolute Gasteiger partial charge is 0.490 e. The van der Waals surface area contributed by atoms with Gasteiger partial charge in [-0.1, -0.05) is 53.8 Å². The van der Waals surface area contributed by atoms with Gasteiger partial charge in [-0.25, -0.2) is 4.79 Å². The predicted octanol–water partition coefficient (Wildman–Crippen LogP) is 4.32. The SMILES string of the molecule is CCOc1cccc2cc(-c3nnc(NCc4ccccc4)s3)c(=O)oc12. The van der Waals surface area contributed by atoms with Gasteiger partial charge >= 0.3 is 5.63 Å². The number of rotatable bonds is 6. The van der Waals surface area contributed by atoms with Crippen molar-refractivity contribution in [3.05, 3.63) is 70.6 Å². The van der Waals surface area contributed by atoms with Gasteiger partial charge in [-0.3, -0.25) is 0 Å². The Morgan fingerprint density at radius 2 is 1.96 bits per heavy atom. The lowest BCUT2D eigenvalue weighted by Crippen LogP contribution is -2.03. The molecule has 0 unspecified atom stereocenters. The summed E-state index contributed by atoms with van der Waals surface area (Å²) in [5, 5.41) is 13.4. The zero-order valence-electron chi connectivity index (χ0n) is 14.6. The van der Waals surface area contributed by atoms with Crippen LogP contribution in [0.3, 0.4) is 0 Å². The Hall–Kier alpha value is -3.19. The smallest absolute Gasteiger partial charge is 0.346 e. The monoisotopic (exact) mass is 379 g/mol. The summed E-state index contributed by atoms with van der Waals surface area (Å²) in [6.45, 7) is 3.02. The molecule has 0 amide bonds. The molecule has 4 rings (SSSR count). The number of ether oxygens (including phenoxy) is 1. The Labute approximate surface area is 159 Å². The maximum absolute atomic E-state index is 12.5. The maximum Gasteiger partial charge on any atom is 0.346 e. The van der Waals surface area contributed by atoms with E-state index in [2.05, 4.69) is 15.5 Å². The fraction of sp³-hybridized carbons (Fsp3) is 0.150. The Bertz CT molecular complexity index is 1120. The normalized spacial score (nSPS) is 10.9. The molecule has 0 aliphatic rings. The minimum Gasteiger partial charge on any atom is -0.490 e. The summed E-state index contributed by atoms with van der Waals surface area (Å²) in [5.41, 5.74) is 1.52. The lowest BCUT2D eigenvalue weighted by molar-refractivity contribution is 0.337. The van der Waals surface area contributed by atoms with Crippen LogP contribution in [0.25, 0.3) is 21.5 Å². The first-order chi connectivity index (χ1) is 13.2. The van der Waals surface area contributed by atoms with Crippen molar-refractivity contribution in [1.82, 2.24) is 10.2 Å². The molecule has 0 bridgehead atoms. The van der Waals surface area contributed by atoms with E-state index in [1.54, 1.807) is 12.1 Å². The summed E-state index contributed by atoms with van der Waals surface area (Å²) < 4.78 is 11.0. The van der Waals surface area contributed by atoms with Gasteiger partial charge in [-0.2, -0.15) is 0 Å². The van der Waals surface area contributed by atoms with Crippen LogP contribution in [-0.4, -0.2) is 16.8 Å². The molecule has 4 aromatic rings. The van der Waals surface area contributed by atoms with E-state index in [9.17, 15) is 4.79 Å². The topological polar surface area (TPSA) is 77.3 Å². The highest BCUT2D eigenvalue weighted by atomic mass is 32.1. The molecule has 0 aliphatic carbocycles. The van der Waals surface area contributed by atoms with Gasteiger partial charge in [0.1, 0.15) is 0 Å². The predicted molar refractivity (Wildman–Crippen MR) is 106 cm³/mol. The van der Waals surface area contributed by atoms with Gasteiger partial charge in [0.15, 0.2) is 16.3 Å². The van der Waals surface area contributed by atoms with Gasteiger partial charge in [-0.05, 0) is 24.6 Å². The van der Waals surface area contributed by atoms with Crippen molar-refractivity contribution in [3.63, 3.8) is 0 Å². The van der Waals surface area contributed by atoms with Gasteiger partial charge in [0.25, 0.3) is 0 Å². The minimum atomic E-state index is -0.458. The van der Waals surface area contributed by atoms with Crippen molar-refractivity contribution in [2.45, 2.75) is 13.5 Å². The molecule has 2 aromatic carbocycles. The fourth-order valence-corrected chi connectivity index (χ4v) is 3.46. The summed E-state index contributed by atoms with van der Waals surface area (Å²) in [6, 6.07) is 17.3. The van der Waals surface area contributed by atoms with Crippen LogP contribution in [0.4, 0.5) is 5.13 Å². The van der Waals surface area contributed by atoms with Crippen LogP contribution in [0, 0.1) is 0 Å². The van der Waals surface area contributed by atoms with Gasteiger partial charge in [0, 0.05) is 11.9 Å². The summed E-state index contributed by atoms with van der Waals surface area (Å²) in [4.78, 5) is 12.5. The molecule has 27 heavy (non-hydrogen) atoms. The van der Waals surface area contributed by atoms with Gasteiger partial charge in [-0.15, -0.1) is 10.2 Å². The van der Waals surface area contributed by atoms with E-state index in [-0.39, 0.29) is 0 Å². The summed E-state index contributed by atoms with van der Waals surface area (Å²) in [6.07, 6.45) is 0. The summed E-state index contributed by atoms with van der Waals surface area (Å²) in [5.74, 6) is 0.557. The second-order valence-corrected chi connectivity index (χ2v) is 6.78. The molecular formula is C20H17N3O3S. The minimum absolute atomic E-state index is 0.390. The van der Waals surface area contributed by atoms with Crippen molar-refractivity contribution >= 4 is 27.4 Å². The highest BCUT2D eigenvalue weighted by molar-refractivity contribution is 7.18. The quantitative estimate of drug-likeness (QED) is 0.503. The fourth-order valence-electron chi connectivity index (χ4n) is 2.71. The number of nitrogens with zero attached hydrogens (tertiary/aromatic N) is 2. The number of benzene rings is 2. The number of hydrogen-bond donors (Lipinski definition) is 1. The molecule has 136 valence electrons. The van der Waals surface area contributed by atoms with Crippen LogP contribution >= 0.6 is 11.3 Å². The first-order valence-corrected chi connectivity index (χ1v) is 9.37. The molecule has 2 heterocycles. The maximum atomic E-state index is 12.5. The zero-order chi connectivity index (χ0) is 18.6. The molecule has 7 heteroatoms. The van der Waals surface area contributed by atoms with E-state index >= 15 is 0 Å². The van der Waals surface area contributed by atoms with Crippen molar-refractivity contribution in [3.8, 4) is 16.3 Å². The van der Waals surface area contributed by atoms with Crippen molar-refractivity contribution in [2.24, 2.45) is 0 Å². The first-order valence-electron chi connectivity index (χ1n) is 8.56. The Balaban J connectivity index is 1.62. The number of hydrogen-bond acceptors (Lipinski definition) is 7. The highest BCUT2D eigenvalue weighted by Crippen LogP contribution is 2.30. The molecule has 0 saturated heterocycles. The van der Waals surface area contributed by atoms with Crippen LogP contribution in [0.1, 0.15) is 12.5 Å². The lowest BCUT2D eigenvalue weighted by atomic mass is 10.2. The van der Waals surface area contributed by atoms with Crippen LogP contribution in [0.2, 0.25) is 0 Å². The summed E-state index contributed by atoms with van der Waals surface area (Å²) in [7, 11) is 0. The molecule has 6 nitrogen and oxygen atoms in total. The lowest BCUT2D eigenvalue weighted by Gasteiger charge is -2.06. The molecule has 0 atom stereocenters. The molecular weight excluding hydrogens is 362 g/mol. The third-order valence-electron chi connectivity index (χ3n) is 3.97. The van der Waals surface area contributed by atoms with Crippen molar-refractivity contribution in [1.29, 1.82) is 0 Å². The van der Waals surface area contributed by atoms with Crippen molar-refractivity contribution < 1.29 is 9.15 Å². The Morgan fingerprint density at radius 3 is 2.78 bits per heavy atom. The van der Waals surface area contributed by atoms with E-state index in [1.165, 1.54) is 11.3 Å². The van der Waals surface area contributed by atoms with Crippen LogP contribution < -0.4 is 15.7 Å². The standard InChI is InChI=1S/C20H17N3O3S/c1-2-25-16-10-6-9-14-11-15(19(24)26-17(14)16)18-22-23-20(27-18)21-12-13-7-4-3-5-8-13/h3-11H,2,12H2,1H3,(H,21,23). The van der Waals surface area contributed by atoms with E-state index in [0.29, 0.717) is 40.2 Å². The van der Waals surface area contributed by atoms with Crippen LogP contribution in [0.5, 0.6) is 5.75 Å². The van der Waals surface area contributed by atoms with E-state index < -0.39 is 5.63 Å². The first kappa shape index (κ1) is 17.2. The molecule has 0 aliphatic heterocycles. The molecule has 2 aromatic heterocycles. The number of aromatic nitrogens is 2. The Morgan fingerprint density at radius 1 is 1.11 bits per heavy atom. The average Bonchev–Trinajstić information content (AvgIpc) is 3.16. The van der Waals surface area contributed by atoms with Crippen molar-refractivity contribution in [2.75, 3.05) is 11.9 Å². The molecule has 0 spiro atoms. The van der Waals surface area contributed by atoms with Gasteiger partial charge in [0.05, 0.1) is 12.2 Å². The molecule has 0 fully saturated rings. The van der Waals surface area contributed by atoms with E-state index in [1.807, 2.05) is 49.4 Å². The second-order valence-electron chi connectivity index (χ2n) is 5.81. The van der Waals surface area contributed by atoms with Gasteiger partial charge in [0.2, 0.25) is 5.13 Å². The van der Waals surface area contributed by atoms with E-state index in [0.717, 1.165) is 10.9 Å². The van der Waals surface area contributed by atoms with Gasteiger partial charge < -0.3 is 14.5 Å². The molecule has 1 N–H and O–H groups in total. The zero-order valence-corrected chi connectivity index (χ0v) is 15.5.